The topological polar surface area (TPSA) is 36.4 Å². The van der Waals surface area contributed by atoms with E-state index in [2.05, 4.69) is 4.98 Å². The smallest absolute Gasteiger partial charge is 0.128 e. The number of hydrogen-bond donors (Lipinski definition) is 1. The summed E-state index contributed by atoms with van der Waals surface area (Å²) in [5.74, 6) is 0.583. The average Bonchev–Trinajstić information content (AvgIpc) is 2.41. The third kappa shape index (κ3) is 3.51. The van der Waals surface area contributed by atoms with Gasteiger partial charge in [-0.15, -0.1) is 0 Å². The fourth-order valence-electron chi connectivity index (χ4n) is 1.82. The van der Waals surface area contributed by atoms with Crippen molar-refractivity contribution in [2.24, 2.45) is 0 Å². The Morgan fingerprint density at radius 1 is 1.21 bits per heavy atom. The van der Waals surface area contributed by atoms with E-state index in [4.69, 9.17) is 0 Å². The van der Waals surface area contributed by atoms with Crippen LogP contribution in [0.1, 0.15) is 24.2 Å². The van der Waals surface area contributed by atoms with Gasteiger partial charge in [0.25, 0.3) is 0 Å². The Balaban J connectivity index is 2.07. The molecule has 4 heteroatoms. The third-order valence-electron chi connectivity index (χ3n) is 2.98. The summed E-state index contributed by atoms with van der Waals surface area (Å²) < 4.78 is 12.8. The van der Waals surface area contributed by atoms with Crippen LogP contribution in [0.25, 0.3) is 0 Å². The monoisotopic (exact) mass is 260 g/mol. The van der Waals surface area contributed by atoms with Gasteiger partial charge in [0.15, 0.2) is 0 Å². The zero-order valence-corrected chi connectivity index (χ0v) is 11.0. The molecule has 1 aromatic heterocycles. The molecule has 1 N–H and O–H groups in total. The van der Waals surface area contributed by atoms with Crippen LogP contribution in [0.2, 0.25) is 0 Å². The third-order valence-corrected chi connectivity index (χ3v) is 2.98. The zero-order chi connectivity index (χ0) is 13.8. The second-order valence-corrected chi connectivity index (χ2v) is 4.61. The lowest BCUT2D eigenvalue weighted by atomic mass is 10.2. The van der Waals surface area contributed by atoms with Crippen molar-refractivity contribution in [3.05, 3.63) is 59.5 Å². The van der Waals surface area contributed by atoms with E-state index in [9.17, 15) is 9.50 Å². The minimum absolute atomic E-state index is 0.231. The molecule has 19 heavy (non-hydrogen) atoms. The van der Waals surface area contributed by atoms with Gasteiger partial charge < -0.3 is 10.0 Å². The fourth-order valence-corrected chi connectivity index (χ4v) is 1.82. The van der Waals surface area contributed by atoms with Gasteiger partial charge in [-0.25, -0.2) is 9.37 Å². The molecule has 0 unspecified atom stereocenters. The zero-order valence-electron chi connectivity index (χ0n) is 11.0. The number of aliphatic hydroxyl groups is 1. The number of anilines is 1. The summed E-state index contributed by atoms with van der Waals surface area (Å²) in [6, 6.07) is 10.1. The molecule has 100 valence electrons. The minimum atomic E-state index is -0.510. The van der Waals surface area contributed by atoms with Crippen LogP contribution in [0.3, 0.4) is 0 Å². The Kier molecular flexibility index (Phi) is 4.12. The summed E-state index contributed by atoms with van der Waals surface area (Å²) in [4.78, 5) is 6.28. The normalized spacial score (nSPS) is 12.2. The summed E-state index contributed by atoms with van der Waals surface area (Å²) >= 11 is 0. The molecule has 0 aliphatic rings. The van der Waals surface area contributed by atoms with Gasteiger partial charge in [0.1, 0.15) is 11.6 Å². The van der Waals surface area contributed by atoms with Crippen molar-refractivity contribution in [1.82, 2.24) is 4.98 Å². The molecule has 1 heterocycles. The molecule has 1 atom stereocenters. The lowest BCUT2D eigenvalue weighted by Crippen LogP contribution is -2.17. The quantitative estimate of drug-likeness (QED) is 0.918. The van der Waals surface area contributed by atoms with Gasteiger partial charge in [-0.1, -0.05) is 18.2 Å². The first kappa shape index (κ1) is 13.5. The van der Waals surface area contributed by atoms with Crippen LogP contribution in [0.5, 0.6) is 0 Å². The minimum Gasteiger partial charge on any atom is -0.389 e. The van der Waals surface area contributed by atoms with Gasteiger partial charge in [0.05, 0.1) is 6.10 Å². The van der Waals surface area contributed by atoms with Crippen molar-refractivity contribution < 1.29 is 9.50 Å². The maximum atomic E-state index is 12.8. The van der Waals surface area contributed by atoms with E-state index in [-0.39, 0.29) is 5.82 Å². The molecule has 3 nitrogen and oxygen atoms in total. The molecule has 0 fully saturated rings. The first-order valence-corrected chi connectivity index (χ1v) is 6.16. The Morgan fingerprint density at radius 2 is 1.89 bits per heavy atom. The second kappa shape index (κ2) is 5.80. The van der Waals surface area contributed by atoms with Crippen LogP contribution in [0.4, 0.5) is 10.2 Å². The Hall–Kier alpha value is -1.94. The van der Waals surface area contributed by atoms with Gasteiger partial charge in [-0.3, -0.25) is 0 Å². The largest absolute Gasteiger partial charge is 0.389 e. The number of halogens is 1. The predicted molar refractivity (Wildman–Crippen MR) is 73.4 cm³/mol. The summed E-state index contributed by atoms with van der Waals surface area (Å²) in [6.07, 6.45) is 1.16. The molecule has 0 aliphatic carbocycles. The fraction of sp³-hybridized carbons (Fsp3) is 0.267. The van der Waals surface area contributed by atoms with E-state index in [0.717, 1.165) is 16.9 Å². The highest BCUT2D eigenvalue weighted by molar-refractivity contribution is 5.39. The van der Waals surface area contributed by atoms with E-state index in [1.54, 1.807) is 25.3 Å². The second-order valence-electron chi connectivity index (χ2n) is 4.61. The van der Waals surface area contributed by atoms with Crippen molar-refractivity contribution >= 4 is 5.82 Å². The average molecular weight is 260 g/mol. The lowest BCUT2D eigenvalue weighted by Gasteiger charge is -2.18. The molecule has 0 saturated carbocycles. The number of benzene rings is 1. The molecule has 0 aliphatic heterocycles. The van der Waals surface area contributed by atoms with E-state index in [1.807, 2.05) is 24.1 Å². The van der Waals surface area contributed by atoms with Crippen molar-refractivity contribution in [2.75, 3.05) is 11.9 Å². The number of hydrogen-bond acceptors (Lipinski definition) is 3. The summed E-state index contributed by atoms with van der Waals surface area (Å²) in [5, 5.41) is 9.43. The summed E-state index contributed by atoms with van der Waals surface area (Å²) in [7, 11) is 1.92. The SMILES string of the molecule is C[C@@H](O)c1ccc(N(C)Cc2ccc(F)cc2)nc1. The van der Waals surface area contributed by atoms with Gasteiger partial charge in [0, 0.05) is 19.8 Å². The number of pyridine rings is 1. The molecular weight excluding hydrogens is 243 g/mol. The first-order valence-electron chi connectivity index (χ1n) is 6.16. The molecular formula is C15H17FN2O. The number of nitrogens with zero attached hydrogens (tertiary/aromatic N) is 2. The number of aromatic nitrogens is 1. The molecule has 0 radical (unpaired) electrons. The van der Waals surface area contributed by atoms with E-state index in [0.29, 0.717) is 6.54 Å². The summed E-state index contributed by atoms with van der Waals surface area (Å²) in [6.45, 7) is 2.36. The van der Waals surface area contributed by atoms with Crippen LogP contribution < -0.4 is 4.90 Å². The van der Waals surface area contributed by atoms with Crippen molar-refractivity contribution in [3.8, 4) is 0 Å². The highest BCUT2D eigenvalue weighted by atomic mass is 19.1. The summed E-state index contributed by atoms with van der Waals surface area (Å²) in [5.41, 5.74) is 1.81. The Bertz CT molecular complexity index is 523. The lowest BCUT2D eigenvalue weighted by molar-refractivity contribution is 0.199. The van der Waals surface area contributed by atoms with E-state index in [1.165, 1.54) is 12.1 Å². The van der Waals surface area contributed by atoms with Crippen LogP contribution in [-0.2, 0) is 6.54 Å². The maximum absolute atomic E-state index is 12.8. The molecule has 1 aromatic carbocycles. The van der Waals surface area contributed by atoms with Crippen LogP contribution in [-0.4, -0.2) is 17.1 Å². The molecule has 0 bridgehead atoms. The van der Waals surface area contributed by atoms with Crippen LogP contribution in [0, 0.1) is 5.82 Å². The number of aliphatic hydroxyl groups excluding tert-OH is 1. The molecule has 0 spiro atoms. The van der Waals surface area contributed by atoms with Crippen molar-refractivity contribution in [1.29, 1.82) is 0 Å². The maximum Gasteiger partial charge on any atom is 0.128 e. The van der Waals surface area contributed by atoms with E-state index < -0.39 is 6.10 Å². The Labute approximate surface area is 112 Å². The standard InChI is InChI=1S/C15H17FN2O/c1-11(19)13-5-8-15(17-9-13)18(2)10-12-3-6-14(16)7-4-12/h3-9,11,19H,10H2,1-2H3/t11-/m1/s1. The van der Waals surface area contributed by atoms with Crippen LogP contribution >= 0.6 is 0 Å². The number of rotatable bonds is 4. The highest BCUT2D eigenvalue weighted by Gasteiger charge is 2.06. The van der Waals surface area contributed by atoms with Gasteiger partial charge in [0.2, 0.25) is 0 Å². The molecule has 0 saturated heterocycles. The van der Waals surface area contributed by atoms with Crippen molar-refractivity contribution in [2.45, 2.75) is 19.6 Å². The molecule has 2 rings (SSSR count). The molecule has 2 aromatic rings. The molecule has 0 amide bonds. The Morgan fingerprint density at radius 3 is 2.42 bits per heavy atom. The highest BCUT2D eigenvalue weighted by Crippen LogP contribution is 2.16. The van der Waals surface area contributed by atoms with Crippen LogP contribution in [0.15, 0.2) is 42.6 Å². The van der Waals surface area contributed by atoms with Gasteiger partial charge >= 0.3 is 0 Å². The van der Waals surface area contributed by atoms with E-state index >= 15 is 0 Å². The first-order chi connectivity index (χ1) is 9.06. The van der Waals surface area contributed by atoms with Crippen molar-refractivity contribution in [3.63, 3.8) is 0 Å². The van der Waals surface area contributed by atoms with Gasteiger partial charge in [-0.05, 0) is 36.2 Å². The van der Waals surface area contributed by atoms with Gasteiger partial charge in [-0.2, -0.15) is 0 Å². The predicted octanol–water partition coefficient (Wildman–Crippen LogP) is 2.91.